The van der Waals surface area contributed by atoms with Crippen molar-refractivity contribution in [1.82, 2.24) is 40.1 Å². The Morgan fingerprint density at radius 3 is 2.22 bits per heavy atom. The van der Waals surface area contributed by atoms with E-state index in [-0.39, 0.29) is 53.5 Å². The zero-order chi connectivity index (χ0) is 46.6. The second kappa shape index (κ2) is 20.4. The molecule has 1 aliphatic carbocycles. The topological polar surface area (TPSA) is 211 Å². The molecule has 6 heterocycles. The number of imide groups is 1. The van der Waals surface area contributed by atoms with Gasteiger partial charge in [0.1, 0.15) is 6.04 Å². The fourth-order valence-electron chi connectivity index (χ4n) is 11.3. The number of nitrogens with one attached hydrogen (secondary N) is 2. The van der Waals surface area contributed by atoms with Crippen LogP contribution in [0.2, 0.25) is 0 Å². The molecular formula is C49H64N12O6. The lowest BCUT2D eigenvalue weighted by Crippen LogP contribution is -2.53. The van der Waals surface area contributed by atoms with E-state index in [9.17, 15) is 28.8 Å². The molecule has 1 aromatic heterocycles. The highest BCUT2D eigenvalue weighted by Gasteiger charge is 2.40. The molecule has 67 heavy (non-hydrogen) atoms. The Labute approximate surface area is 392 Å². The number of nitrogens with zero attached hydrogens (tertiary/aromatic N) is 9. The number of primary amides is 1. The summed E-state index contributed by atoms with van der Waals surface area (Å²) < 4.78 is 0. The first-order valence-electron chi connectivity index (χ1n) is 24.4. The van der Waals surface area contributed by atoms with Crippen molar-refractivity contribution >= 4 is 59.1 Å². The number of aromatic nitrogens is 3. The number of nitrogens with two attached hydrogens (primary N) is 1. The van der Waals surface area contributed by atoms with Gasteiger partial charge in [-0.1, -0.05) is 31.4 Å². The second-order valence-corrected chi connectivity index (χ2v) is 19.4. The number of carbonyl (C=O) groups excluding carboxylic acids is 6. The average Bonchev–Trinajstić information content (AvgIpc) is 3.75. The molecule has 2 aromatic carbocycles. The zero-order valence-electron chi connectivity index (χ0n) is 38.6. The Hall–Kier alpha value is -6.17. The number of hydrogen-bond acceptors (Lipinski definition) is 13. The van der Waals surface area contributed by atoms with Crippen LogP contribution in [0.25, 0.3) is 0 Å². The van der Waals surface area contributed by atoms with Gasteiger partial charge in [0.15, 0.2) is 17.8 Å². The maximum Gasteiger partial charge on any atom is 0.320 e. The minimum absolute atomic E-state index is 0.0234. The van der Waals surface area contributed by atoms with Gasteiger partial charge in [0.05, 0.1) is 11.6 Å². The van der Waals surface area contributed by atoms with E-state index < -0.39 is 23.8 Å². The Morgan fingerprint density at radius 2 is 1.52 bits per heavy atom. The van der Waals surface area contributed by atoms with E-state index in [1.807, 2.05) is 23.1 Å². The first-order chi connectivity index (χ1) is 32.5. The van der Waals surface area contributed by atoms with E-state index in [4.69, 9.17) is 10.7 Å². The number of likely N-dealkylation sites (N-methyl/N-ethyl adjacent to an activating group) is 1. The summed E-state index contributed by atoms with van der Waals surface area (Å²) in [4.78, 5) is 92.7. The smallest absolute Gasteiger partial charge is 0.320 e. The molecule has 1 saturated carbocycles. The molecule has 4 N–H and O–H groups in total. The molecular weight excluding hydrogens is 853 g/mol. The van der Waals surface area contributed by atoms with Crippen LogP contribution in [-0.4, -0.2) is 155 Å². The lowest BCUT2D eigenvalue weighted by molar-refractivity contribution is -0.136. The first kappa shape index (κ1) is 46.0. The van der Waals surface area contributed by atoms with Crippen molar-refractivity contribution < 1.29 is 28.8 Å². The summed E-state index contributed by atoms with van der Waals surface area (Å²) in [6.45, 7) is 7.68. The number of rotatable bonds is 13. The number of hydrogen-bond donors (Lipinski definition) is 3. The summed E-state index contributed by atoms with van der Waals surface area (Å²) in [5, 5.41) is 14.1. The molecule has 6 fully saturated rings. The van der Waals surface area contributed by atoms with Gasteiger partial charge in [0, 0.05) is 82.3 Å². The summed E-state index contributed by atoms with van der Waals surface area (Å²) in [5.41, 5.74) is 9.19. The molecule has 5 saturated heterocycles. The third kappa shape index (κ3) is 10.2. The van der Waals surface area contributed by atoms with Gasteiger partial charge in [-0.25, -0.2) is 4.79 Å². The molecule has 5 aliphatic heterocycles. The van der Waals surface area contributed by atoms with Crippen LogP contribution in [-0.2, 0) is 9.59 Å². The minimum Gasteiger partial charge on any atom is -0.371 e. The Bertz CT molecular complexity index is 2320. The molecule has 3 aromatic rings. The summed E-state index contributed by atoms with van der Waals surface area (Å²) in [6, 6.07) is 13.4. The molecule has 18 nitrogen and oxygen atoms in total. The molecule has 0 bridgehead atoms. The molecule has 6 amide bonds. The fraction of sp³-hybridized carbons (Fsp3) is 0.571. The van der Waals surface area contributed by atoms with Crippen LogP contribution in [0.15, 0.2) is 42.5 Å². The third-order valence-electron chi connectivity index (χ3n) is 15.2. The highest BCUT2D eigenvalue weighted by Crippen LogP contribution is 2.33. The highest BCUT2D eigenvalue weighted by molar-refractivity contribution is 6.06. The van der Waals surface area contributed by atoms with Gasteiger partial charge in [-0.05, 0) is 119 Å². The van der Waals surface area contributed by atoms with Gasteiger partial charge in [0.2, 0.25) is 17.8 Å². The van der Waals surface area contributed by atoms with Crippen molar-refractivity contribution in [3.63, 3.8) is 0 Å². The van der Waals surface area contributed by atoms with Gasteiger partial charge in [-0.3, -0.25) is 29.3 Å². The van der Waals surface area contributed by atoms with E-state index in [2.05, 4.69) is 52.6 Å². The summed E-state index contributed by atoms with van der Waals surface area (Å²) in [6.07, 6.45) is 13.0. The lowest BCUT2D eigenvalue weighted by Gasteiger charge is -2.38. The van der Waals surface area contributed by atoms with Gasteiger partial charge in [0.25, 0.3) is 11.8 Å². The van der Waals surface area contributed by atoms with Crippen LogP contribution < -0.4 is 26.2 Å². The maximum atomic E-state index is 13.6. The maximum absolute atomic E-state index is 13.6. The van der Waals surface area contributed by atoms with Crippen LogP contribution in [0.1, 0.15) is 126 Å². The SMILES string of the molecule is CN(C(=O)c1ccc(N2CCC(CN3CCC(c4ccc(Nc5nc(N6CCCC(N7CCN(C8CCCCC8)C7=O)C6)nnc5C(N)=O)cc4)CC3)CC2)cc1C=O)C1CCC(=O)NC1=O. The van der Waals surface area contributed by atoms with Crippen LogP contribution in [0, 0.1) is 5.92 Å². The predicted octanol–water partition coefficient (Wildman–Crippen LogP) is 4.54. The van der Waals surface area contributed by atoms with Crippen molar-refractivity contribution in [3.05, 3.63) is 64.8 Å². The standard InChI is InChI=1S/C49H64N12O6/c1-56(41-15-16-42(63)52-46(41)65)47(66)40-14-13-38(28-35(40)31-62)58-24-17-32(18-25-58)29-57-22-19-34(20-23-57)33-9-11-36(12-10-33)51-45-43(44(50)64)54-55-48(53-45)59-21-5-8-39(30-59)61-27-26-60(49(61)67)37-6-3-2-4-7-37/h9-14,28,31-32,34,37,39,41H,2-8,15-27,29-30H2,1H3,(H2,50,64)(H,51,53,55)(H,52,63,65). The first-order valence-corrected chi connectivity index (χ1v) is 24.4. The number of piperidine rings is 4. The van der Waals surface area contributed by atoms with E-state index in [0.717, 1.165) is 115 Å². The minimum atomic E-state index is -0.762. The molecule has 2 atom stereocenters. The molecule has 0 radical (unpaired) electrons. The van der Waals surface area contributed by atoms with Gasteiger partial charge >= 0.3 is 6.03 Å². The molecule has 6 aliphatic rings. The summed E-state index contributed by atoms with van der Waals surface area (Å²) >= 11 is 0. The number of amides is 6. The van der Waals surface area contributed by atoms with Crippen LogP contribution >= 0.6 is 0 Å². The molecule has 18 heteroatoms. The lowest BCUT2D eigenvalue weighted by atomic mass is 9.88. The fourth-order valence-corrected chi connectivity index (χ4v) is 11.3. The van der Waals surface area contributed by atoms with Crippen LogP contribution in [0.4, 0.5) is 27.9 Å². The Balaban J connectivity index is 0.743. The average molecular weight is 917 g/mol. The number of carbonyl (C=O) groups is 6. The summed E-state index contributed by atoms with van der Waals surface area (Å²) in [5.74, 6) is -0.302. The number of urea groups is 1. The Kier molecular flexibility index (Phi) is 14.0. The summed E-state index contributed by atoms with van der Waals surface area (Å²) in [7, 11) is 1.53. The Morgan fingerprint density at radius 1 is 0.806 bits per heavy atom. The van der Waals surface area contributed by atoms with Gasteiger partial charge in [-0.15, -0.1) is 10.2 Å². The van der Waals surface area contributed by atoms with Gasteiger partial charge in [-0.2, -0.15) is 4.98 Å². The van der Waals surface area contributed by atoms with E-state index in [1.165, 1.54) is 36.8 Å². The van der Waals surface area contributed by atoms with E-state index in [0.29, 0.717) is 36.7 Å². The van der Waals surface area contributed by atoms with Crippen molar-refractivity contribution in [1.29, 1.82) is 0 Å². The van der Waals surface area contributed by atoms with Crippen molar-refractivity contribution in [2.45, 2.75) is 108 Å². The zero-order valence-corrected chi connectivity index (χ0v) is 38.6. The second-order valence-electron chi connectivity index (χ2n) is 19.4. The van der Waals surface area contributed by atoms with Gasteiger partial charge < -0.3 is 40.4 Å². The van der Waals surface area contributed by atoms with E-state index in [1.54, 1.807) is 12.1 Å². The van der Waals surface area contributed by atoms with Crippen LogP contribution in [0.3, 0.4) is 0 Å². The third-order valence-corrected chi connectivity index (χ3v) is 15.2. The van der Waals surface area contributed by atoms with Crippen LogP contribution in [0.5, 0.6) is 0 Å². The quantitative estimate of drug-likeness (QED) is 0.159. The number of likely N-dealkylation sites (tertiary alicyclic amines) is 1. The predicted molar refractivity (Wildman–Crippen MR) is 252 cm³/mol. The largest absolute Gasteiger partial charge is 0.371 e. The normalized spacial score (nSPS) is 22.8. The van der Waals surface area contributed by atoms with E-state index >= 15 is 0 Å². The molecule has 2 unspecified atom stereocenters. The highest BCUT2D eigenvalue weighted by atomic mass is 16.2. The van der Waals surface area contributed by atoms with Crippen molar-refractivity contribution in [2.75, 3.05) is 81.1 Å². The van der Waals surface area contributed by atoms with Crippen molar-refractivity contribution in [3.8, 4) is 0 Å². The number of anilines is 4. The molecule has 9 rings (SSSR count). The number of aldehydes is 1. The monoisotopic (exact) mass is 917 g/mol. The molecule has 356 valence electrons. The molecule has 0 spiro atoms. The number of benzene rings is 2. The van der Waals surface area contributed by atoms with Crippen molar-refractivity contribution in [2.24, 2.45) is 11.7 Å².